The predicted octanol–water partition coefficient (Wildman–Crippen LogP) is 0.563. The van der Waals surface area contributed by atoms with E-state index >= 15 is 0 Å². The molecule has 1 aliphatic rings. The first-order chi connectivity index (χ1) is 4.93. The Morgan fingerprint density at radius 2 is 2.60 bits per heavy atom. The van der Waals surface area contributed by atoms with E-state index in [4.69, 9.17) is 14.7 Å². The van der Waals surface area contributed by atoms with E-state index in [1.165, 1.54) is 0 Å². The van der Waals surface area contributed by atoms with Crippen molar-refractivity contribution < 1.29 is 9.47 Å². The van der Waals surface area contributed by atoms with Crippen molar-refractivity contribution in [2.24, 2.45) is 5.92 Å². The van der Waals surface area contributed by atoms with E-state index in [-0.39, 0.29) is 6.61 Å². The van der Waals surface area contributed by atoms with E-state index in [1.807, 2.05) is 6.07 Å². The van der Waals surface area contributed by atoms with Crippen molar-refractivity contribution >= 4 is 0 Å². The fourth-order valence-electron chi connectivity index (χ4n) is 0.986. The van der Waals surface area contributed by atoms with Gasteiger partial charge in [-0.25, -0.2) is 0 Å². The summed E-state index contributed by atoms with van der Waals surface area (Å²) in [6.45, 7) is 2.52. The molecule has 0 aromatic rings. The topological polar surface area (TPSA) is 42.2 Å². The zero-order chi connectivity index (χ0) is 7.23. The van der Waals surface area contributed by atoms with Gasteiger partial charge < -0.3 is 9.47 Å². The van der Waals surface area contributed by atoms with Crippen LogP contribution in [0.3, 0.4) is 0 Å². The third-order valence-electron chi connectivity index (χ3n) is 1.54. The first-order valence-electron chi connectivity index (χ1n) is 3.46. The second-order valence-electron chi connectivity index (χ2n) is 2.40. The molecule has 0 aliphatic carbocycles. The van der Waals surface area contributed by atoms with Gasteiger partial charge in [0.05, 0.1) is 19.3 Å². The van der Waals surface area contributed by atoms with Crippen LogP contribution in [-0.2, 0) is 9.47 Å². The van der Waals surface area contributed by atoms with E-state index < -0.39 is 0 Å². The Hall–Kier alpha value is -0.590. The van der Waals surface area contributed by atoms with Crippen molar-refractivity contribution in [3.63, 3.8) is 0 Å². The maximum absolute atomic E-state index is 8.13. The molecule has 0 bridgehead atoms. The Morgan fingerprint density at radius 3 is 3.20 bits per heavy atom. The number of rotatable bonds is 3. The van der Waals surface area contributed by atoms with Gasteiger partial charge in [-0.15, -0.1) is 0 Å². The van der Waals surface area contributed by atoms with Gasteiger partial charge in [0.2, 0.25) is 0 Å². The monoisotopic (exact) mass is 141 g/mol. The average Bonchev–Trinajstić information content (AvgIpc) is 2.41. The Balaban J connectivity index is 1.97. The third kappa shape index (κ3) is 2.34. The lowest BCUT2D eigenvalue weighted by Crippen LogP contribution is -2.09. The van der Waals surface area contributed by atoms with Gasteiger partial charge in [0.15, 0.2) is 0 Å². The van der Waals surface area contributed by atoms with Crippen LogP contribution in [0, 0.1) is 17.2 Å². The Labute approximate surface area is 60.5 Å². The van der Waals surface area contributed by atoms with Gasteiger partial charge in [0.1, 0.15) is 6.61 Å². The molecule has 0 unspecified atom stereocenters. The molecule has 56 valence electrons. The van der Waals surface area contributed by atoms with Crippen LogP contribution < -0.4 is 0 Å². The third-order valence-corrected chi connectivity index (χ3v) is 1.54. The molecule has 3 heteroatoms. The molecule has 1 aliphatic heterocycles. The van der Waals surface area contributed by atoms with Gasteiger partial charge in [-0.1, -0.05) is 0 Å². The lowest BCUT2D eigenvalue weighted by molar-refractivity contribution is 0.111. The summed E-state index contributed by atoms with van der Waals surface area (Å²) in [5.41, 5.74) is 0. The molecule has 1 heterocycles. The second-order valence-corrected chi connectivity index (χ2v) is 2.40. The fraction of sp³-hybridized carbons (Fsp3) is 0.857. The lowest BCUT2D eigenvalue weighted by Gasteiger charge is -2.04. The van der Waals surface area contributed by atoms with Crippen LogP contribution in [0.15, 0.2) is 0 Å². The van der Waals surface area contributed by atoms with E-state index in [9.17, 15) is 0 Å². The van der Waals surface area contributed by atoms with Gasteiger partial charge in [0, 0.05) is 12.5 Å². The Morgan fingerprint density at radius 1 is 1.70 bits per heavy atom. The molecule has 0 saturated carbocycles. The standard InChI is InChI=1S/C7H11NO2/c8-2-4-10-6-7-1-3-9-5-7/h7H,1,3-6H2/t7-/m0/s1. The maximum atomic E-state index is 8.13. The highest BCUT2D eigenvalue weighted by molar-refractivity contribution is 4.68. The van der Waals surface area contributed by atoms with Crippen molar-refractivity contribution in [1.82, 2.24) is 0 Å². The maximum Gasteiger partial charge on any atom is 0.133 e. The van der Waals surface area contributed by atoms with Gasteiger partial charge in [0.25, 0.3) is 0 Å². The van der Waals surface area contributed by atoms with Crippen LogP contribution in [-0.4, -0.2) is 26.4 Å². The summed E-state index contributed by atoms with van der Waals surface area (Å²) >= 11 is 0. The normalized spacial score (nSPS) is 24.5. The van der Waals surface area contributed by atoms with E-state index in [0.29, 0.717) is 12.5 Å². The summed E-state index contributed by atoms with van der Waals surface area (Å²) in [5, 5.41) is 8.13. The predicted molar refractivity (Wildman–Crippen MR) is 35.4 cm³/mol. The molecular formula is C7H11NO2. The van der Waals surface area contributed by atoms with E-state index in [2.05, 4.69) is 0 Å². The van der Waals surface area contributed by atoms with Crippen molar-refractivity contribution in [3.05, 3.63) is 0 Å². The molecule has 1 atom stereocenters. The zero-order valence-corrected chi connectivity index (χ0v) is 5.88. The van der Waals surface area contributed by atoms with Crippen molar-refractivity contribution in [3.8, 4) is 6.07 Å². The summed E-state index contributed by atoms with van der Waals surface area (Å²) in [5.74, 6) is 0.522. The lowest BCUT2D eigenvalue weighted by atomic mass is 10.1. The van der Waals surface area contributed by atoms with Crippen LogP contribution in [0.1, 0.15) is 6.42 Å². The number of nitriles is 1. The molecule has 0 spiro atoms. The van der Waals surface area contributed by atoms with Crippen molar-refractivity contribution in [1.29, 1.82) is 5.26 Å². The van der Waals surface area contributed by atoms with Gasteiger partial charge in [-0.05, 0) is 6.42 Å². The molecule has 3 nitrogen and oxygen atoms in total. The van der Waals surface area contributed by atoms with Crippen LogP contribution in [0.4, 0.5) is 0 Å². The van der Waals surface area contributed by atoms with Crippen molar-refractivity contribution in [2.45, 2.75) is 6.42 Å². The summed E-state index contributed by atoms with van der Waals surface area (Å²) in [6, 6.07) is 1.93. The van der Waals surface area contributed by atoms with Crippen molar-refractivity contribution in [2.75, 3.05) is 26.4 Å². The molecule has 1 rings (SSSR count). The van der Waals surface area contributed by atoms with Crippen LogP contribution in [0.2, 0.25) is 0 Å². The van der Waals surface area contributed by atoms with Crippen LogP contribution >= 0.6 is 0 Å². The summed E-state index contributed by atoms with van der Waals surface area (Å²) < 4.78 is 10.2. The van der Waals surface area contributed by atoms with Crippen LogP contribution in [0.25, 0.3) is 0 Å². The van der Waals surface area contributed by atoms with Gasteiger partial charge in [-0.2, -0.15) is 5.26 Å². The minimum atomic E-state index is 0.205. The smallest absolute Gasteiger partial charge is 0.133 e. The molecule has 10 heavy (non-hydrogen) atoms. The van der Waals surface area contributed by atoms with Crippen LogP contribution in [0.5, 0.6) is 0 Å². The molecule has 0 aromatic heterocycles. The van der Waals surface area contributed by atoms with E-state index in [1.54, 1.807) is 0 Å². The largest absolute Gasteiger partial charge is 0.381 e. The summed E-state index contributed by atoms with van der Waals surface area (Å²) in [4.78, 5) is 0. The minimum absolute atomic E-state index is 0.205. The first-order valence-corrected chi connectivity index (χ1v) is 3.46. The molecule has 1 saturated heterocycles. The van der Waals surface area contributed by atoms with E-state index in [0.717, 1.165) is 19.6 Å². The fourth-order valence-corrected chi connectivity index (χ4v) is 0.986. The average molecular weight is 141 g/mol. The molecule has 0 amide bonds. The number of hydrogen-bond donors (Lipinski definition) is 0. The minimum Gasteiger partial charge on any atom is -0.381 e. The first kappa shape index (κ1) is 7.52. The Kier molecular flexibility index (Phi) is 3.20. The SMILES string of the molecule is N#CCOC[C@H]1CCOC1. The molecule has 1 fully saturated rings. The Bertz CT molecular complexity index is 124. The highest BCUT2D eigenvalue weighted by atomic mass is 16.5. The molecule has 0 N–H and O–H groups in total. The highest BCUT2D eigenvalue weighted by Crippen LogP contribution is 2.11. The zero-order valence-electron chi connectivity index (χ0n) is 5.88. The van der Waals surface area contributed by atoms with Gasteiger partial charge in [-0.3, -0.25) is 0 Å². The number of ether oxygens (including phenoxy) is 2. The summed E-state index contributed by atoms with van der Waals surface area (Å²) in [7, 11) is 0. The number of hydrogen-bond acceptors (Lipinski definition) is 3. The van der Waals surface area contributed by atoms with Gasteiger partial charge >= 0.3 is 0 Å². The number of nitrogens with zero attached hydrogens (tertiary/aromatic N) is 1. The quantitative estimate of drug-likeness (QED) is 0.539. The molecule has 0 aromatic carbocycles. The summed E-state index contributed by atoms with van der Waals surface area (Å²) in [6.07, 6.45) is 1.07. The highest BCUT2D eigenvalue weighted by Gasteiger charge is 2.14. The second kappa shape index (κ2) is 4.26. The molecular weight excluding hydrogens is 130 g/mol. The molecule has 0 radical (unpaired) electrons.